The van der Waals surface area contributed by atoms with E-state index in [-0.39, 0.29) is 18.5 Å². The minimum Gasteiger partial charge on any atom is -0.444 e. The molecule has 0 spiro atoms. The number of carbonyl (C=O) groups excluding carboxylic acids is 2. The summed E-state index contributed by atoms with van der Waals surface area (Å²) in [5.41, 5.74) is 5.65. The number of hydrogen-bond donors (Lipinski definition) is 1. The Balaban J connectivity index is 1.58. The number of fused-ring (bicyclic) bond motifs is 2. The van der Waals surface area contributed by atoms with Gasteiger partial charge < -0.3 is 15.0 Å². The molecule has 0 saturated heterocycles. The van der Waals surface area contributed by atoms with Gasteiger partial charge in [0.15, 0.2) is 0 Å². The smallest absolute Gasteiger partial charge is 0.408 e. The number of nitrogens with one attached hydrogen (secondary N) is 1. The van der Waals surface area contributed by atoms with E-state index in [0.29, 0.717) is 6.54 Å². The average Bonchev–Trinajstić information content (AvgIpc) is 3.09. The van der Waals surface area contributed by atoms with Gasteiger partial charge in [0.2, 0.25) is 5.91 Å². The molecule has 1 unspecified atom stereocenters. The van der Waals surface area contributed by atoms with Crippen molar-refractivity contribution in [3.8, 4) is 0 Å². The van der Waals surface area contributed by atoms with E-state index in [1.807, 2.05) is 17.0 Å². The molecule has 1 aromatic heterocycles. The highest BCUT2D eigenvalue weighted by Crippen LogP contribution is 2.46. The molecule has 0 bridgehead atoms. The van der Waals surface area contributed by atoms with Crippen molar-refractivity contribution in [1.29, 1.82) is 0 Å². The Morgan fingerprint density at radius 3 is 2.63 bits per heavy atom. The molecule has 1 atom stereocenters. The molecule has 0 radical (unpaired) electrons. The molecule has 0 fully saturated rings. The number of carbonyl (C=O) groups is 2. The molecule has 1 N–H and O–H groups in total. The molecule has 2 aliphatic rings. The molecule has 1 aliphatic heterocycles. The van der Waals surface area contributed by atoms with Gasteiger partial charge in [0.1, 0.15) is 12.1 Å². The number of rotatable bonds is 3. The highest BCUT2D eigenvalue weighted by atomic mass is 16.6. The predicted octanol–water partition coefficient (Wildman–Crippen LogP) is 3.89. The number of amides is 2. The Morgan fingerprint density at radius 2 is 1.90 bits per heavy atom. The van der Waals surface area contributed by atoms with Crippen LogP contribution >= 0.6 is 0 Å². The molecular formula is C24H27N3O3. The van der Waals surface area contributed by atoms with E-state index in [1.165, 1.54) is 22.3 Å². The second-order valence-electron chi connectivity index (χ2n) is 8.71. The fourth-order valence-corrected chi connectivity index (χ4v) is 4.32. The third-order valence-electron chi connectivity index (χ3n) is 5.48. The molecular weight excluding hydrogens is 378 g/mol. The lowest BCUT2D eigenvalue weighted by molar-refractivity contribution is -0.132. The normalized spacial score (nSPS) is 18.0. The number of aromatic nitrogens is 1. The van der Waals surface area contributed by atoms with Crippen LogP contribution in [0.15, 0.2) is 54.4 Å². The zero-order chi connectivity index (χ0) is 21.3. The third-order valence-corrected chi connectivity index (χ3v) is 5.48. The highest BCUT2D eigenvalue weighted by molar-refractivity contribution is 5.86. The number of ether oxygens (including phenoxy) is 1. The number of pyridine rings is 1. The third kappa shape index (κ3) is 4.08. The van der Waals surface area contributed by atoms with Crippen LogP contribution in [-0.2, 0) is 16.0 Å². The van der Waals surface area contributed by atoms with Crippen molar-refractivity contribution in [2.24, 2.45) is 0 Å². The van der Waals surface area contributed by atoms with E-state index in [2.05, 4.69) is 34.6 Å². The second-order valence-corrected chi connectivity index (χ2v) is 8.71. The second kappa shape index (κ2) is 7.94. The molecule has 4 rings (SSSR count). The van der Waals surface area contributed by atoms with Gasteiger partial charge in [-0.05, 0) is 73.6 Å². The summed E-state index contributed by atoms with van der Waals surface area (Å²) in [4.78, 5) is 31.1. The number of benzene rings is 1. The van der Waals surface area contributed by atoms with E-state index in [4.69, 9.17) is 4.74 Å². The van der Waals surface area contributed by atoms with Crippen LogP contribution < -0.4 is 5.32 Å². The van der Waals surface area contributed by atoms with E-state index in [9.17, 15) is 9.59 Å². The molecule has 2 amide bonds. The van der Waals surface area contributed by atoms with Crippen molar-refractivity contribution in [2.75, 3.05) is 13.1 Å². The van der Waals surface area contributed by atoms with Crippen LogP contribution in [0.25, 0.3) is 5.57 Å². The van der Waals surface area contributed by atoms with Crippen LogP contribution in [0.1, 0.15) is 49.9 Å². The van der Waals surface area contributed by atoms with Gasteiger partial charge in [0, 0.05) is 18.9 Å². The van der Waals surface area contributed by atoms with Crippen molar-refractivity contribution in [1.82, 2.24) is 15.2 Å². The summed E-state index contributed by atoms with van der Waals surface area (Å²) in [6.45, 7) is 5.90. The summed E-state index contributed by atoms with van der Waals surface area (Å²) in [5, 5.41) is 2.60. The van der Waals surface area contributed by atoms with Gasteiger partial charge in [-0.2, -0.15) is 0 Å². The van der Waals surface area contributed by atoms with Crippen molar-refractivity contribution in [3.05, 3.63) is 71.1 Å². The van der Waals surface area contributed by atoms with Gasteiger partial charge in [-0.25, -0.2) is 4.79 Å². The molecule has 6 nitrogen and oxygen atoms in total. The summed E-state index contributed by atoms with van der Waals surface area (Å²) in [6, 6.07) is 12.2. The van der Waals surface area contributed by atoms with Crippen molar-refractivity contribution >= 4 is 17.6 Å². The summed E-state index contributed by atoms with van der Waals surface area (Å²) in [6.07, 6.45) is 4.58. The quantitative estimate of drug-likeness (QED) is 0.841. The first kappa shape index (κ1) is 20.1. The highest BCUT2D eigenvalue weighted by Gasteiger charge is 2.37. The molecule has 2 heterocycles. The monoisotopic (exact) mass is 405 g/mol. The van der Waals surface area contributed by atoms with E-state index < -0.39 is 11.7 Å². The molecule has 2 aromatic rings. The van der Waals surface area contributed by atoms with Crippen LogP contribution in [-0.4, -0.2) is 40.6 Å². The molecule has 1 aliphatic carbocycles. The Bertz CT molecular complexity index is 992. The minimum atomic E-state index is -0.604. The van der Waals surface area contributed by atoms with Crippen LogP contribution in [0.4, 0.5) is 4.79 Å². The van der Waals surface area contributed by atoms with E-state index in [0.717, 1.165) is 18.4 Å². The Morgan fingerprint density at radius 1 is 1.17 bits per heavy atom. The number of hydrogen-bond acceptors (Lipinski definition) is 4. The van der Waals surface area contributed by atoms with Crippen molar-refractivity contribution in [3.63, 3.8) is 0 Å². The van der Waals surface area contributed by atoms with Crippen LogP contribution in [0, 0.1) is 0 Å². The van der Waals surface area contributed by atoms with Gasteiger partial charge in [-0.15, -0.1) is 0 Å². The molecule has 6 heteroatoms. The standard InChI is InChI=1S/C24H27N3O3/c1-24(2,3)30-23(29)26-15-21(28)27-13-10-19-18-7-5-4-6-17(18)14-20(19)22(27)16-8-11-25-12-9-16/h4-9,11-12,22H,10,13-15H2,1-3H3,(H,26,29). The zero-order valence-corrected chi connectivity index (χ0v) is 17.6. The number of nitrogens with zero attached hydrogens (tertiary/aromatic N) is 2. The minimum absolute atomic E-state index is 0.0912. The largest absolute Gasteiger partial charge is 0.444 e. The van der Waals surface area contributed by atoms with Gasteiger partial charge in [0.05, 0.1) is 6.04 Å². The first-order chi connectivity index (χ1) is 14.3. The Labute approximate surface area is 176 Å². The lowest BCUT2D eigenvalue weighted by Gasteiger charge is -2.38. The maximum absolute atomic E-state index is 13.1. The Kier molecular flexibility index (Phi) is 5.33. The molecule has 30 heavy (non-hydrogen) atoms. The molecule has 0 saturated carbocycles. The fourth-order valence-electron chi connectivity index (χ4n) is 4.32. The Hall–Kier alpha value is -3.15. The summed E-state index contributed by atoms with van der Waals surface area (Å²) in [7, 11) is 0. The first-order valence-electron chi connectivity index (χ1n) is 10.3. The van der Waals surface area contributed by atoms with Crippen LogP contribution in [0.5, 0.6) is 0 Å². The van der Waals surface area contributed by atoms with Crippen molar-refractivity contribution in [2.45, 2.75) is 45.3 Å². The topological polar surface area (TPSA) is 71.5 Å². The lowest BCUT2D eigenvalue weighted by Crippen LogP contribution is -2.45. The summed E-state index contributed by atoms with van der Waals surface area (Å²) >= 11 is 0. The van der Waals surface area contributed by atoms with Gasteiger partial charge >= 0.3 is 6.09 Å². The van der Waals surface area contributed by atoms with Crippen molar-refractivity contribution < 1.29 is 14.3 Å². The van der Waals surface area contributed by atoms with Crippen LogP contribution in [0.2, 0.25) is 0 Å². The maximum atomic E-state index is 13.1. The SMILES string of the molecule is CC(C)(C)OC(=O)NCC(=O)N1CCC2=C(Cc3ccccc32)C1c1ccncc1. The maximum Gasteiger partial charge on any atom is 0.408 e. The lowest BCUT2D eigenvalue weighted by atomic mass is 9.88. The average molecular weight is 405 g/mol. The zero-order valence-electron chi connectivity index (χ0n) is 17.6. The number of alkyl carbamates (subject to hydrolysis) is 1. The van der Waals surface area contributed by atoms with Crippen LogP contribution in [0.3, 0.4) is 0 Å². The van der Waals surface area contributed by atoms with Gasteiger partial charge in [-0.3, -0.25) is 9.78 Å². The summed E-state index contributed by atoms with van der Waals surface area (Å²) in [5.74, 6) is -0.120. The summed E-state index contributed by atoms with van der Waals surface area (Å²) < 4.78 is 5.26. The molecule has 1 aromatic carbocycles. The first-order valence-corrected chi connectivity index (χ1v) is 10.3. The van der Waals surface area contributed by atoms with Gasteiger partial charge in [0.25, 0.3) is 0 Å². The van der Waals surface area contributed by atoms with E-state index >= 15 is 0 Å². The van der Waals surface area contributed by atoms with Gasteiger partial charge in [-0.1, -0.05) is 24.3 Å². The fraction of sp³-hybridized carbons (Fsp3) is 0.375. The van der Waals surface area contributed by atoms with E-state index in [1.54, 1.807) is 33.2 Å². The predicted molar refractivity (Wildman–Crippen MR) is 115 cm³/mol. The molecule has 156 valence electrons.